The third-order valence-electron chi connectivity index (χ3n) is 3.14. The molecule has 0 aromatic carbocycles. The van der Waals surface area contributed by atoms with Gasteiger partial charge >= 0.3 is 0 Å². The number of aliphatic hydroxyl groups excluding tert-OH is 1. The molecule has 88 valence electrons. The highest BCUT2D eigenvalue weighted by atomic mass is 16.3. The molecule has 1 atom stereocenters. The molecule has 1 aliphatic rings. The zero-order valence-corrected chi connectivity index (χ0v) is 9.93. The van der Waals surface area contributed by atoms with Crippen LogP contribution in [0.4, 0.5) is 0 Å². The van der Waals surface area contributed by atoms with E-state index in [0.29, 0.717) is 12.0 Å². The summed E-state index contributed by atoms with van der Waals surface area (Å²) in [4.78, 5) is 4.42. The van der Waals surface area contributed by atoms with Crippen LogP contribution in [0, 0.1) is 5.92 Å². The summed E-state index contributed by atoms with van der Waals surface area (Å²) in [6.07, 6.45) is 3.51. The highest BCUT2D eigenvalue weighted by Crippen LogP contribution is 2.37. The summed E-state index contributed by atoms with van der Waals surface area (Å²) in [5.41, 5.74) is 1.09. The van der Waals surface area contributed by atoms with Gasteiger partial charge in [-0.25, -0.2) is 0 Å². The standard InChI is InChI=1S/C13H20N2O/c1-9(2)15-13(10-7-11(16)8-10)12-5-3-4-6-14-12/h3-6,9-11,13,15-16H,7-8H2,1-2H3/t10?,11?,13-/m0/s1. The number of hydrogen-bond donors (Lipinski definition) is 2. The Bertz CT molecular complexity index is 320. The van der Waals surface area contributed by atoms with Crippen LogP contribution in [0.5, 0.6) is 0 Å². The molecule has 16 heavy (non-hydrogen) atoms. The summed E-state index contributed by atoms with van der Waals surface area (Å²) < 4.78 is 0. The van der Waals surface area contributed by atoms with Crippen molar-refractivity contribution in [2.45, 2.75) is 44.9 Å². The van der Waals surface area contributed by atoms with Crippen molar-refractivity contribution in [3.8, 4) is 0 Å². The van der Waals surface area contributed by atoms with E-state index in [0.717, 1.165) is 18.5 Å². The minimum atomic E-state index is -0.106. The van der Waals surface area contributed by atoms with Crippen molar-refractivity contribution in [2.24, 2.45) is 5.92 Å². The molecule has 3 nitrogen and oxygen atoms in total. The second-order valence-corrected chi connectivity index (χ2v) is 4.94. The fourth-order valence-corrected chi connectivity index (χ4v) is 2.28. The van der Waals surface area contributed by atoms with E-state index in [4.69, 9.17) is 0 Å². The average molecular weight is 220 g/mol. The predicted octanol–water partition coefficient (Wildman–Crippen LogP) is 1.89. The second kappa shape index (κ2) is 4.93. The Morgan fingerprint density at radius 1 is 1.38 bits per heavy atom. The van der Waals surface area contributed by atoms with E-state index in [1.165, 1.54) is 0 Å². The minimum Gasteiger partial charge on any atom is -0.393 e. The van der Waals surface area contributed by atoms with Gasteiger partial charge in [0.05, 0.1) is 17.8 Å². The van der Waals surface area contributed by atoms with Crippen LogP contribution >= 0.6 is 0 Å². The highest BCUT2D eigenvalue weighted by Gasteiger charge is 2.35. The van der Waals surface area contributed by atoms with Gasteiger partial charge in [-0.1, -0.05) is 19.9 Å². The van der Waals surface area contributed by atoms with Gasteiger partial charge in [0.2, 0.25) is 0 Å². The Morgan fingerprint density at radius 2 is 2.12 bits per heavy atom. The van der Waals surface area contributed by atoms with Crippen molar-refractivity contribution in [2.75, 3.05) is 0 Å². The number of pyridine rings is 1. The van der Waals surface area contributed by atoms with Crippen molar-refractivity contribution in [3.63, 3.8) is 0 Å². The fourth-order valence-electron chi connectivity index (χ4n) is 2.28. The molecule has 0 saturated heterocycles. The van der Waals surface area contributed by atoms with Crippen molar-refractivity contribution in [1.29, 1.82) is 0 Å². The Labute approximate surface area is 96.9 Å². The molecule has 0 amide bonds. The first-order chi connectivity index (χ1) is 7.66. The molecule has 1 saturated carbocycles. The van der Waals surface area contributed by atoms with Crippen LogP contribution in [0.1, 0.15) is 38.4 Å². The molecule has 0 bridgehead atoms. The van der Waals surface area contributed by atoms with E-state index < -0.39 is 0 Å². The Hall–Kier alpha value is -0.930. The van der Waals surface area contributed by atoms with Gasteiger partial charge in [-0.05, 0) is 30.9 Å². The number of nitrogens with one attached hydrogen (secondary N) is 1. The van der Waals surface area contributed by atoms with Gasteiger partial charge in [-0.3, -0.25) is 4.98 Å². The molecule has 2 N–H and O–H groups in total. The van der Waals surface area contributed by atoms with Crippen LogP contribution in [0.2, 0.25) is 0 Å². The maximum absolute atomic E-state index is 9.40. The van der Waals surface area contributed by atoms with E-state index in [-0.39, 0.29) is 12.1 Å². The van der Waals surface area contributed by atoms with Crippen molar-refractivity contribution in [3.05, 3.63) is 30.1 Å². The van der Waals surface area contributed by atoms with E-state index in [9.17, 15) is 5.11 Å². The quantitative estimate of drug-likeness (QED) is 0.814. The first-order valence-corrected chi connectivity index (χ1v) is 6.02. The van der Waals surface area contributed by atoms with Crippen LogP contribution in [-0.4, -0.2) is 22.2 Å². The molecular weight excluding hydrogens is 200 g/mol. The van der Waals surface area contributed by atoms with Crippen LogP contribution in [0.3, 0.4) is 0 Å². The summed E-state index contributed by atoms with van der Waals surface area (Å²) in [5, 5.41) is 12.9. The van der Waals surface area contributed by atoms with E-state index >= 15 is 0 Å². The Balaban J connectivity index is 2.09. The third kappa shape index (κ3) is 2.60. The lowest BCUT2D eigenvalue weighted by Gasteiger charge is -2.38. The Morgan fingerprint density at radius 3 is 2.62 bits per heavy atom. The fraction of sp³-hybridized carbons (Fsp3) is 0.615. The molecule has 2 rings (SSSR count). The topological polar surface area (TPSA) is 45.2 Å². The zero-order chi connectivity index (χ0) is 11.5. The molecular formula is C13H20N2O. The molecule has 0 unspecified atom stereocenters. The number of nitrogens with zero attached hydrogens (tertiary/aromatic N) is 1. The first-order valence-electron chi connectivity index (χ1n) is 6.02. The SMILES string of the molecule is CC(C)N[C@H](c1ccccn1)C1CC(O)C1. The minimum absolute atomic E-state index is 0.106. The van der Waals surface area contributed by atoms with Gasteiger partial charge in [0.15, 0.2) is 0 Å². The molecule has 0 spiro atoms. The molecule has 1 aromatic rings. The first kappa shape index (κ1) is 11.6. The number of hydrogen-bond acceptors (Lipinski definition) is 3. The maximum Gasteiger partial charge on any atom is 0.0576 e. The lowest BCUT2D eigenvalue weighted by atomic mass is 9.76. The molecule has 0 aliphatic heterocycles. The third-order valence-corrected chi connectivity index (χ3v) is 3.14. The second-order valence-electron chi connectivity index (χ2n) is 4.94. The van der Waals surface area contributed by atoms with Crippen molar-refractivity contribution >= 4 is 0 Å². The van der Waals surface area contributed by atoms with E-state index in [1.54, 1.807) is 0 Å². The molecule has 1 aromatic heterocycles. The van der Waals surface area contributed by atoms with E-state index in [1.807, 2.05) is 18.3 Å². The van der Waals surface area contributed by atoms with E-state index in [2.05, 4.69) is 30.2 Å². The largest absolute Gasteiger partial charge is 0.393 e. The summed E-state index contributed by atoms with van der Waals surface area (Å²) >= 11 is 0. The molecule has 1 fully saturated rings. The predicted molar refractivity (Wildman–Crippen MR) is 64.0 cm³/mol. The van der Waals surface area contributed by atoms with Gasteiger partial charge in [-0.15, -0.1) is 0 Å². The van der Waals surface area contributed by atoms with Gasteiger partial charge in [0, 0.05) is 12.2 Å². The monoisotopic (exact) mass is 220 g/mol. The molecule has 0 radical (unpaired) electrons. The lowest BCUT2D eigenvalue weighted by molar-refractivity contribution is 0.0218. The maximum atomic E-state index is 9.40. The van der Waals surface area contributed by atoms with Crippen LogP contribution in [0.25, 0.3) is 0 Å². The summed E-state index contributed by atoms with van der Waals surface area (Å²) in [6, 6.07) is 6.73. The average Bonchev–Trinajstić information content (AvgIpc) is 2.23. The van der Waals surface area contributed by atoms with Crippen molar-refractivity contribution in [1.82, 2.24) is 10.3 Å². The number of aliphatic hydroxyl groups is 1. The number of rotatable bonds is 4. The Kier molecular flexibility index (Phi) is 3.56. The normalized spacial score (nSPS) is 26.5. The van der Waals surface area contributed by atoms with Gasteiger partial charge in [0.1, 0.15) is 0 Å². The molecule has 1 heterocycles. The van der Waals surface area contributed by atoms with Gasteiger partial charge < -0.3 is 10.4 Å². The summed E-state index contributed by atoms with van der Waals surface area (Å²) in [6.45, 7) is 4.29. The van der Waals surface area contributed by atoms with Crippen molar-refractivity contribution < 1.29 is 5.11 Å². The molecule has 3 heteroatoms. The summed E-state index contributed by atoms with van der Waals surface area (Å²) in [7, 11) is 0. The van der Waals surface area contributed by atoms with Crippen LogP contribution in [0.15, 0.2) is 24.4 Å². The smallest absolute Gasteiger partial charge is 0.0576 e. The lowest BCUT2D eigenvalue weighted by Crippen LogP contribution is -2.41. The zero-order valence-electron chi connectivity index (χ0n) is 9.93. The summed E-state index contributed by atoms with van der Waals surface area (Å²) in [5.74, 6) is 0.521. The van der Waals surface area contributed by atoms with Crippen LogP contribution in [-0.2, 0) is 0 Å². The van der Waals surface area contributed by atoms with Crippen LogP contribution < -0.4 is 5.32 Å². The van der Waals surface area contributed by atoms with Gasteiger partial charge in [-0.2, -0.15) is 0 Å². The number of aromatic nitrogens is 1. The highest BCUT2D eigenvalue weighted by molar-refractivity contribution is 5.12. The molecule has 1 aliphatic carbocycles. The van der Waals surface area contributed by atoms with Gasteiger partial charge in [0.25, 0.3) is 0 Å².